The number of carbonyl (C=O) groups excluding carboxylic acids is 1. The summed E-state index contributed by atoms with van der Waals surface area (Å²) in [6, 6.07) is 15.2. The van der Waals surface area contributed by atoms with Crippen molar-refractivity contribution in [2.24, 2.45) is 0 Å². The summed E-state index contributed by atoms with van der Waals surface area (Å²) in [5.41, 5.74) is 4.66. The SMILES string of the molecule is COc1ccc(C2(C)C=CC(C)=C2C)c(C(=O)c2ccccc2)c1. The second kappa shape index (κ2) is 6.12. The van der Waals surface area contributed by atoms with Gasteiger partial charge in [-0.3, -0.25) is 4.79 Å². The van der Waals surface area contributed by atoms with E-state index in [0.717, 1.165) is 5.56 Å². The van der Waals surface area contributed by atoms with E-state index in [1.54, 1.807) is 7.11 Å². The lowest BCUT2D eigenvalue weighted by Crippen LogP contribution is -2.23. The van der Waals surface area contributed by atoms with Crippen LogP contribution in [-0.4, -0.2) is 12.9 Å². The average Bonchev–Trinajstić information content (AvgIpc) is 2.89. The molecule has 0 aromatic heterocycles. The Morgan fingerprint density at radius 1 is 1.04 bits per heavy atom. The van der Waals surface area contributed by atoms with Crippen molar-refractivity contribution in [1.29, 1.82) is 0 Å². The average molecular weight is 318 g/mol. The predicted molar refractivity (Wildman–Crippen MR) is 97.7 cm³/mol. The van der Waals surface area contributed by atoms with Crippen molar-refractivity contribution < 1.29 is 9.53 Å². The maximum Gasteiger partial charge on any atom is 0.193 e. The first-order chi connectivity index (χ1) is 11.5. The Kier molecular flexibility index (Phi) is 4.15. The maximum absolute atomic E-state index is 13.1. The van der Waals surface area contributed by atoms with E-state index >= 15 is 0 Å². The van der Waals surface area contributed by atoms with E-state index in [0.29, 0.717) is 16.9 Å². The summed E-state index contributed by atoms with van der Waals surface area (Å²) in [4.78, 5) is 13.1. The topological polar surface area (TPSA) is 26.3 Å². The highest BCUT2D eigenvalue weighted by molar-refractivity contribution is 6.10. The zero-order valence-corrected chi connectivity index (χ0v) is 14.6. The van der Waals surface area contributed by atoms with E-state index in [9.17, 15) is 4.79 Å². The van der Waals surface area contributed by atoms with Gasteiger partial charge in [0, 0.05) is 16.5 Å². The number of ether oxygens (including phenoxy) is 1. The molecule has 0 N–H and O–H groups in total. The van der Waals surface area contributed by atoms with E-state index < -0.39 is 0 Å². The Labute approximate surface area is 143 Å². The van der Waals surface area contributed by atoms with Gasteiger partial charge in [0.05, 0.1) is 7.11 Å². The van der Waals surface area contributed by atoms with Crippen LogP contribution in [0.1, 0.15) is 42.3 Å². The fourth-order valence-corrected chi connectivity index (χ4v) is 3.28. The van der Waals surface area contributed by atoms with Gasteiger partial charge < -0.3 is 4.74 Å². The Hall–Kier alpha value is -2.61. The molecule has 1 atom stereocenters. The standard InChI is InChI=1S/C22H22O2/c1-15-12-13-22(3,16(15)2)20-11-10-18(24-4)14-19(20)21(23)17-8-6-5-7-9-17/h5-14H,1-4H3. The Morgan fingerprint density at radius 2 is 1.75 bits per heavy atom. The van der Waals surface area contributed by atoms with Gasteiger partial charge in [-0.1, -0.05) is 59.7 Å². The number of methoxy groups -OCH3 is 1. The molecule has 0 fully saturated rings. The third kappa shape index (κ3) is 2.58. The highest BCUT2D eigenvalue weighted by Gasteiger charge is 2.34. The minimum Gasteiger partial charge on any atom is -0.497 e. The first-order valence-corrected chi connectivity index (χ1v) is 8.13. The molecule has 0 spiro atoms. The molecule has 24 heavy (non-hydrogen) atoms. The fourth-order valence-electron chi connectivity index (χ4n) is 3.28. The van der Waals surface area contributed by atoms with Crippen LogP contribution in [0.25, 0.3) is 0 Å². The van der Waals surface area contributed by atoms with Crippen molar-refractivity contribution in [3.63, 3.8) is 0 Å². The number of carbonyl (C=O) groups is 1. The van der Waals surface area contributed by atoms with Crippen LogP contribution < -0.4 is 4.74 Å². The summed E-state index contributed by atoms with van der Waals surface area (Å²) in [5.74, 6) is 0.721. The Balaban J connectivity index is 2.19. The highest BCUT2D eigenvalue weighted by atomic mass is 16.5. The van der Waals surface area contributed by atoms with E-state index in [2.05, 4.69) is 32.9 Å². The molecule has 2 heteroatoms. The highest BCUT2D eigenvalue weighted by Crippen LogP contribution is 2.42. The van der Waals surface area contributed by atoms with Crippen molar-refractivity contribution in [2.45, 2.75) is 26.2 Å². The maximum atomic E-state index is 13.1. The van der Waals surface area contributed by atoms with Crippen molar-refractivity contribution in [3.05, 3.63) is 88.5 Å². The first kappa shape index (κ1) is 16.3. The Bertz CT molecular complexity index is 844. The molecule has 1 unspecified atom stereocenters. The van der Waals surface area contributed by atoms with Gasteiger partial charge in [0.1, 0.15) is 5.75 Å². The number of benzene rings is 2. The van der Waals surface area contributed by atoms with Gasteiger partial charge in [0.15, 0.2) is 5.78 Å². The largest absolute Gasteiger partial charge is 0.497 e. The molecule has 0 heterocycles. The lowest BCUT2D eigenvalue weighted by Gasteiger charge is -2.28. The van der Waals surface area contributed by atoms with Crippen LogP contribution in [0.2, 0.25) is 0 Å². The minimum absolute atomic E-state index is 0.0245. The molecule has 2 aromatic rings. The van der Waals surface area contributed by atoms with Gasteiger partial charge in [-0.15, -0.1) is 0 Å². The molecule has 0 aliphatic heterocycles. The smallest absolute Gasteiger partial charge is 0.193 e. The quantitative estimate of drug-likeness (QED) is 0.734. The summed E-state index contributed by atoms with van der Waals surface area (Å²) in [6.07, 6.45) is 4.32. The van der Waals surface area contributed by atoms with Gasteiger partial charge in [0.25, 0.3) is 0 Å². The van der Waals surface area contributed by atoms with Gasteiger partial charge in [-0.2, -0.15) is 0 Å². The zero-order valence-electron chi connectivity index (χ0n) is 14.6. The molecule has 1 aliphatic rings. The van der Waals surface area contributed by atoms with Crippen LogP contribution in [0.4, 0.5) is 0 Å². The molecule has 0 saturated heterocycles. The summed E-state index contributed by atoms with van der Waals surface area (Å²) < 4.78 is 5.36. The summed E-state index contributed by atoms with van der Waals surface area (Å²) in [7, 11) is 1.62. The molecule has 3 rings (SSSR count). The van der Waals surface area contributed by atoms with E-state index in [1.165, 1.54) is 11.1 Å². The van der Waals surface area contributed by atoms with Gasteiger partial charge in [-0.05, 0) is 38.5 Å². The van der Waals surface area contributed by atoms with Crippen LogP contribution >= 0.6 is 0 Å². The van der Waals surface area contributed by atoms with E-state index in [4.69, 9.17) is 4.74 Å². The third-order valence-corrected chi connectivity index (χ3v) is 5.10. The molecule has 2 nitrogen and oxygen atoms in total. The number of ketones is 1. The summed E-state index contributed by atoms with van der Waals surface area (Å²) in [5, 5.41) is 0. The molecule has 122 valence electrons. The van der Waals surface area contributed by atoms with E-state index in [-0.39, 0.29) is 11.2 Å². The van der Waals surface area contributed by atoms with Crippen LogP contribution in [0.5, 0.6) is 5.75 Å². The van der Waals surface area contributed by atoms with Gasteiger partial charge in [-0.25, -0.2) is 0 Å². The zero-order chi connectivity index (χ0) is 17.3. The molecule has 0 bridgehead atoms. The van der Waals surface area contributed by atoms with Crippen LogP contribution in [0.3, 0.4) is 0 Å². The first-order valence-electron chi connectivity index (χ1n) is 8.13. The second-order valence-electron chi connectivity index (χ2n) is 6.45. The number of hydrogen-bond donors (Lipinski definition) is 0. The fraction of sp³-hybridized carbons (Fsp3) is 0.227. The van der Waals surface area contributed by atoms with Crippen molar-refractivity contribution in [3.8, 4) is 5.75 Å². The predicted octanol–water partition coefficient (Wildman–Crippen LogP) is 5.09. The summed E-state index contributed by atoms with van der Waals surface area (Å²) >= 11 is 0. The second-order valence-corrected chi connectivity index (χ2v) is 6.45. The van der Waals surface area contributed by atoms with Crippen molar-refractivity contribution >= 4 is 5.78 Å². The van der Waals surface area contributed by atoms with Crippen molar-refractivity contribution in [1.82, 2.24) is 0 Å². The number of hydrogen-bond acceptors (Lipinski definition) is 2. The lowest BCUT2D eigenvalue weighted by molar-refractivity contribution is 0.103. The van der Waals surface area contributed by atoms with Crippen LogP contribution in [0.15, 0.2) is 71.8 Å². The van der Waals surface area contributed by atoms with E-state index in [1.807, 2.05) is 48.5 Å². The van der Waals surface area contributed by atoms with Crippen LogP contribution in [-0.2, 0) is 5.41 Å². The van der Waals surface area contributed by atoms with Crippen LogP contribution in [0, 0.1) is 0 Å². The molecule has 1 aliphatic carbocycles. The molecule has 2 aromatic carbocycles. The lowest BCUT2D eigenvalue weighted by atomic mass is 9.75. The number of allylic oxidation sites excluding steroid dienone is 4. The summed E-state index contributed by atoms with van der Waals surface area (Å²) in [6.45, 7) is 6.41. The third-order valence-electron chi connectivity index (χ3n) is 5.10. The Morgan fingerprint density at radius 3 is 2.33 bits per heavy atom. The molecule has 0 radical (unpaired) electrons. The normalized spacial score (nSPS) is 19.7. The molecule has 0 amide bonds. The van der Waals surface area contributed by atoms with Gasteiger partial charge in [0.2, 0.25) is 0 Å². The molecular weight excluding hydrogens is 296 g/mol. The van der Waals surface area contributed by atoms with Gasteiger partial charge >= 0.3 is 0 Å². The monoisotopic (exact) mass is 318 g/mol. The molecular formula is C22H22O2. The minimum atomic E-state index is -0.268. The molecule has 0 saturated carbocycles. The van der Waals surface area contributed by atoms with Crippen molar-refractivity contribution in [2.75, 3.05) is 7.11 Å². The number of rotatable bonds is 4.